The van der Waals surface area contributed by atoms with E-state index in [1.54, 1.807) is 6.07 Å². The van der Waals surface area contributed by atoms with Gasteiger partial charge in [0.1, 0.15) is 0 Å². The molecular formula is C18H16F2O3. The standard InChI is InChI=1S/C18H16F2O3/c19-18(20)22-16-10-9-14(12-17(16)23-18)6-4-5-11-21-13-15-7-2-1-3-8-15/h1-4,6-10,12H,5,11,13H2/b6-4+. The first kappa shape index (κ1) is 15.5. The van der Waals surface area contributed by atoms with Crippen molar-refractivity contribution in [1.29, 1.82) is 0 Å². The van der Waals surface area contributed by atoms with Gasteiger partial charge < -0.3 is 14.2 Å². The van der Waals surface area contributed by atoms with Crippen LogP contribution in [-0.2, 0) is 11.3 Å². The smallest absolute Gasteiger partial charge is 0.395 e. The van der Waals surface area contributed by atoms with Crippen molar-refractivity contribution in [3.63, 3.8) is 0 Å². The predicted molar refractivity (Wildman–Crippen MR) is 82.4 cm³/mol. The second-order valence-electron chi connectivity index (χ2n) is 5.10. The lowest BCUT2D eigenvalue weighted by Gasteiger charge is -2.04. The molecule has 0 atom stereocenters. The summed E-state index contributed by atoms with van der Waals surface area (Å²) in [6, 6.07) is 14.6. The quantitative estimate of drug-likeness (QED) is 0.727. The number of rotatable bonds is 6. The van der Waals surface area contributed by atoms with Crippen molar-refractivity contribution in [2.45, 2.75) is 19.3 Å². The Labute approximate surface area is 133 Å². The number of hydrogen-bond acceptors (Lipinski definition) is 3. The van der Waals surface area contributed by atoms with Crippen LogP contribution in [0.3, 0.4) is 0 Å². The van der Waals surface area contributed by atoms with E-state index in [4.69, 9.17) is 4.74 Å². The van der Waals surface area contributed by atoms with Gasteiger partial charge in [0.15, 0.2) is 11.5 Å². The molecule has 0 unspecified atom stereocenters. The van der Waals surface area contributed by atoms with Crippen LogP contribution in [0, 0.1) is 0 Å². The monoisotopic (exact) mass is 318 g/mol. The molecule has 1 heterocycles. The summed E-state index contributed by atoms with van der Waals surface area (Å²) in [5.41, 5.74) is 1.90. The molecule has 0 saturated carbocycles. The van der Waals surface area contributed by atoms with Crippen LogP contribution in [0.5, 0.6) is 11.5 Å². The third kappa shape index (κ3) is 4.29. The minimum Gasteiger partial charge on any atom is -0.395 e. The van der Waals surface area contributed by atoms with E-state index < -0.39 is 6.29 Å². The maximum Gasteiger partial charge on any atom is 0.586 e. The zero-order chi connectivity index (χ0) is 16.1. The summed E-state index contributed by atoms with van der Waals surface area (Å²) in [6.45, 7) is 1.17. The van der Waals surface area contributed by atoms with E-state index in [9.17, 15) is 8.78 Å². The highest BCUT2D eigenvalue weighted by molar-refractivity contribution is 5.56. The van der Waals surface area contributed by atoms with Crippen LogP contribution in [0.4, 0.5) is 8.78 Å². The largest absolute Gasteiger partial charge is 0.586 e. The molecule has 120 valence electrons. The molecule has 3 rings (SSSR count). The molecule has 0 aliphatic carbocycles. The van der Waals surface area contributed by atoms with Gasteiger partial charge in [0.05, 0.1) is 13.2 Å². The molecule has 2 aromatic rings. The molecular weight excluding hydrogens is 302 g/mol. The van der Waals surface area contributed by atoms with Crippen LogP contribution >= 0.6 is 0 Å². The zero-order valence-corrected chi connectivity index (χ0v) is 12.4. The van der Waals surface area contributed by atoms with Crippen LogP contribution in [0.2, 0.25) is 0 Å². The number of halogens is 2. The molecule has 23 heavy (non-hydrogen) atoms. The first-order valence-corrected chi connectivity index (χ1v) is 7.30. The number of benzene rings is 2. The fourth-order valence-electron chi connectivity index (χ4n) is 2.20. The Morgan fingerprint density at radius 3 is 2.61 bits per heavy atom. The first-order chi connectivity index (χ1) is 11.1. The Morgan fingerprint density at radius 1 is 1.00 bits per heavy atom. The molecule has 0 radical (unpaired) electrons. The molecule has 0 saturated heterocycles. The lowest BCUT2D eigenvalue weighted by molar-refractivity contribution is -0.286. The molecule has 0 fully saturated rings. The molecule has 0 bridgehead atoms. The van der Waals surface area contributed by atoms with Crippen LogP contribution in [0.25, 0.3) is 6.08 Å². The van der Waals surface area contributed by atoms with E-state index in [0.717, 1.165) is 17.5 Å². The summed E-state index contributed by atoms with van der Waals surface area (Å²) in [4.78, 5) is 0. The van der Waals surface area contributed by atoms with E-state index >= 15 is 0 Å². The molecule has 0 amide bonds. The normalized spacial score (nSPS) is 15.2. The molecule has 3 nitrogen and oxygen atoms in total. The molecule has 1 aliphatic heterocycles. The molecule has 2 aromatic carbocycles. The van der Waals surface area contributed by atoms with Crippen molar-refractivity contribution in [2.75, 3.05) is 6.61 Å². The van der Waals surface area contributed by atoms with Crippen molar-refractivity contribution in [2.24, 2.45) is 0 Å². The third-order valence-corrected chi connectivity index (χ3v) is 3.28. The summed E-state index contributed by atoms with van der Waals surface area (Å²) in [6.07, 6.45) is 0.931. The van der Waals surface area contributed by atoms with Crippen LogP contribution in [0.15, 0.2) is 54.6 Å². The Bertz CT molecular complexity index is 684. The number of fused-ring (bicyclic) bond motifs is 1. The van der Waals surface area contributed by atoms with Gasteiger partial charge in [-0.15, -0.1) is 8.78 Å². The average molecular weight is 318 g/mol. The van der Waals surface area contributed by atoms with E-state index in [1.807, 2.05) is 42.5 Å². The van der Waals surface area contributed by atoms with Gasteiger partial charge in [0, 0.05) is 0 Å². The fourth-order valence-corrected chi connectivity index (χ4v) is 2.20. The number of alkyl halides is 2. The highest BCUT2D eigenvalue weighted by atomic mass is 19.3. The van der Waals surface area contributed by atoms with E-state index in [0.29, 0.717) is 13.2 Å². The summed E-state index contributed by atoms with van der Waals surface area (Å²) in [7, 11) is 0. The van der Waals surface area contributed by atoms with Crippen molar-refractivity contribution in [3.05, 3.63) is 65.7 Å². The Kier molecular flexibility index (Phi) is 4.57. The van der Waals surface area contributed by atoms with Crippen LogP contribution in [0.1, 0.15) is 17.5 Å². The highest BCUT2D eigenvalue weighted by Crippen LogP contribution is 2.41. The molecule has 0 spiro atoms. The summed E-state index contributed by atoms with van der Waals surface area (Å²) in [5.74, 6) is 0.107. The van der Waals surface area contributed by atoms with Crippen molar-refractivity contribution >= 4 is 6.08 Å². The first-order valence-electron chi connectivity index (χ1n) is 7.30. The summed E-state index contributed by atoms with van der Waals surface area (Å²) >= 11 is 0. The van der Waals surface area contributed by atoms with E-state index in [1.165, 1.54) is 12.1 Å². The molecule has 5 heteroatoms. The predicted octanol–water partition coefficient (Wildman–Crippen LogP) is 4.63. The lowest BCUT2D eigenvalue weighted by atomic mass is 10.2. The topological polar surface area (TPSA) is 27.7 Å². The van der Waals surface area contributed by atoms with Gasteiger partial charge in [-0.25, -0.2) is 0 Å². The van der Waals surface area contributed by atoms with Gasteiger partial charge in [-0.05, 0) is 29.7 Å². The summed E-state index contributed by atoms with van der Waals surface area (Å²) < 4.78 is 40.2. The average Bonchev–Trinajstić information content (AvgIpc) is 2.85. The van der Waals surface area contributed by atoms with E-state index in [-0.39, 0.29) is 11.5 Å². The van der Waals surface area contributed by atoms with Crippen molar-refractivity contribution in [1.82, 2.24) is 0 Å². The maximum atomic E-state index is 12.9. The Morgan fingerprint density at radius 2 is 1.78 bits per heavy atom. The van der Waals surface area contributed by atoms with E-state index in [2.05, 4.69) is 9.47 Å². The maximum absolute atomic E-state index is 12.9. The molecule has 0 aromatic heterocycles. The Balaban J connectivity index is 1.44. The highest BCUT2D eigenvalue weighted by Gasteiger charge is 2.43. The van der Waals surface area contributed by atoms with Gasteiger partial charge in [0.25, 0.3) is 0 Å². The van der Waals surface area contributed by atoms with Crippen LogP contribution < -0.4 is 9.47 Å². The molecule has 0 N–H and O–H groups in total. The van der Waals surface area contributed by atoms with Gasteiger partial charge >= 0.3 is 6.29 Å². The Hall–Kier alpha value is -2.40. The summed E-state index contributed by atoms with van der Waals surface area (Å²) in [5, 5.41) is 0. The number of hydrogen-bond donors (Lipinski definition) is 0. The second kappa shape index (κ2) is 6.79. The SMILES string of the molecule is FC1(F)Oc2ccc(/C=C/CCOCc3ccccc3)cc2O1. The third-order valence-electron chi connectivity index (χ3n) is 3.28. The number of ether oxygens (including phenoxy) is 3. The van der Waals surface area contributed by atoms with Gasteiger partial charge in [-0.2, -0.15) is 0 Å². The van der Waals surface area contributed by atoms with Crippen molar-refractivity contribution in [3.8, 4) is 11.5 Å². The second-order valence-corrected chi connectivity index (χ2v) is 5.10. The minimum absolute atomic E-state index is 0.0532. The van der Waals surface area contributed by atoms with Gasteiger partial charge in [-0.3, -0.25) is 0 Å². The zero-order valence-electron chi connectivity index (χ0n) is 12.4. The minimum atomic E-state index is -3.57. The van der Waals surface area contributed by atoms with Gasteiger partial charge in [-0.1, -0.05) is 48.6 Å². The van der Waals surface area contributed by atoms with Crippen LogP contribution in [-0.4, -0.2) is 12.9 Å². The van der Waals surface area contributed by atoms with Gasteiger partial charge in [0.2, 0.25) is 0 Å². The molecule has 1 aliphatic rings. The van der Waals surface area contributed by atoms with Crippen molar-refractivity contribution < 1.29 is 23.0 Å². The lowest BCUT2D eigenvalue weighted by Crippen LogP contribution is -2.25. The fraction of sp³-hybridized carbons (Fsp3) is 0.222.